The molecule has 1 aliphatic rings. The summed E-state index contributed by atoms with van der Waals surface area (Å²) in [5.41, 5.74) is 6.19. The Balaban J connectivity index is 1.25. The van der Waals surface area contributed by atoms with Gasteiger partial charge < -0.3 is 5.41 Å². The molecule has 0 saturated heterocycles. The van der Waals surface area contributed by atoms with Crippen molar-refractivity contribution in [3.05, 3.63) is 136 Å². The Morgan fingerprint density at radius 2 is 1.46 bits per heavy atom. The molecule has 0 amide bonds. The zero-order valence-electron chi connectivity index (χ0n) is 19.0. The number of thioether (sulfide) groups is 1. The van der Waals surface area contributed by atoms with Crippen LogP contribution < -0.4 is 0 Å². The van der Waals surface area contributed by atoms with Crippen molar-refractivity contribution in [3.63, 3.8) is 0 Å². The maximum atomic E-state index is 12.6. The van der Waals surface area contributed by atoms with Crippen molar-refractivity contribution in [2.45, 2.75) is 22.6 Å². The van der Waals surface area contributed by atoms with Crippen molar-refractivity contribution >= 4 is 46.6 Å². The molecule has 0 aromatic heterocycles. The summed E-state index contributed by atoms with van der Waals surface area (Å²) in [5.74, 6) is 0.959. The highest BCUT2D eigenvalue weighted by molar-refractivity contribution is 8.03. The van der Waals surface area contributed by atoms with Crippen molar-refractivity contribution in [2.75, 3.05) is 5.75 Å². The van der Waals surface area contributed by atoms with Gasteiger partial charge in [-0.3, -0.25) is 4.79 Å². The van der Waals surface area contributed by atoms with Crippen LogP contribution in [0.5, 0.6) is 0 Å². The number of carbonyl (C=O) groups is 1. The fourth-order valence-electron chi connectivity index (χ4n) is 3.42. The van der Waals surface area contributed by atoms with Gasteiger partial charge in [0.1, 0.15) is 0 Å². The first-order valence-electron chi connectivity index (χ1n) is 11.3. The summed E-state index contributed by atoms with van der Waals surface area (Å²) in [6, 6.07) is 25.2. The molecule has 35 heavy (non-hydrogen) atoms. The van der Waals surface area contributed by atoms with E-state index in [0.717, 1.165) is 38.9 Å². The van der Waals surface area contributed by atoms with Crippen molar-refractivity contribution in [2.24, 2.45) is 0 Å². The molecule has 174 valence electrons. The summed E-state index contributed by atoms with van der Waals surface area (Å²) in [7, 11) is 0. The van der Waals surface area contributed by atoms with Crippen LogP contribution in [0.1, 0.15) is 34.3 Å². The summed E-state index contributed by atoms with van der Waals surface area (Å²) >= 11 is 9.37. The minimum atomic E-state index is 0.0312. The largest absolute Gasteiger partial charge is 0.305 e. The number of hydrogen-bond acceptors (Lipinski definition) is 4. The van der Waals surface area contributed by atoms with Gasteiger partial charge in [0.05, 0.1) is 0 Å². The summed E-state index contributed by atoms with van der Waals surface area (Å²) in [5, 5.41) is 9.12. The lowest BCUT2D eigenvalue weighted by Gasteiger charge is -2.07. The van der Waals surface area contributed by atoms with Crippen molar-refractivity contribution in [3.8, 4) is 0 Å². The van der Waals surface area contributed by atoms with E-state index in [1.54, 1.807) is 23.5 Å². The molecule has 0 atom stereocenters. The van der Waals surface area contributed by atoms with Crippen LogP contribution in [-0.4, -0.2) is 17.2 Å². The van der Waals surface area contributed by atoms with Crippen molar-refractivity contribution < 1.29 is 4.79 Å². The Morgan fingerprint density at radius 1 is 0.829 bits per heavy atom. The van der Waals surface area contributed by atoms with E-state index >= 15 is 0 Å². The second kappa shape index (κ2) is 12.6. The topological polar surface area (TPSA) is 40.9 Å². The molecular formula is C30H24ClNOS2. The first-order valence-corrected chi connectivity index (χ1v) is 13.5. The maximum absolute atomic E-state index is 12.6. The third-order valence-corrected chi connectivity index (χ3v) is 7.61. The van der Waals surface area contributed by atoms with E-state index in [-0.39, 0.29) is 5.78 Å². The van der Waals surface area contributed by atoms with E-state index in [9.17, 15) is 4.79 Å². The predicted molar refractivity (Wildman–Crippen MR) is 150 cm³/mol. The summed E-state index contributed by atoms with van der Waals surface area (Å²) in [6.45, 7) is 0. The van der Waals surface area contributed by atoms with Gasteiger partial charge in [-0.25, -0.2) is 0 Å². The molecule has 5 heteroatoms. The number of allylic oxidation sites excluding steroid dienone is 4. The van der Waals surface area contributed by atoms with Crippen molar-refractivity contribution in [1.82, 2.24) is 0 Å². The average molecular weight is 514 g/mol. The molecule has 0 spiro atoms. The monoisotopic (exact) mass is 513 g/mol. The minimum absolute atomic E-state index is 0.0312. The maximum Gasteiger partial charge on any atom is 0.193 e. The first-order chi connectivity index (χ1) is 17.1. The Morgan fingerprint density at radius 3 is 2.14 bits per heavy atom. The van der Waals surface area contributed by atoms with Crippen LogP contribution in [0.4, 0.5) is 0 Å². The average Bonchev–Trinajstić information content (AvgIpc) is 3.11. The smallest absolute Gasteiger partial charge is 0.193 e. The van der Waals surface area contributed by atoms with E-state index in [0.29, 0.717) is 21.9 Å². The van der Waals surface area contributed by atoms with E-state index in [2.05, 4.69) is 17.9 Å². The van der Waals surface area contributed by atoms with Gasteiger partial charge in [0.25, 0.3) is 0 Å². The second-order valence-electron chi connectivity index (χ2n) is 7.84. The van der Waals surface area contributed by atoms with Crippen molar-refractivity contribution in [1.29, 1.82) is 5.41 Å². The van der Waals surface area contributed by atoms with Gasteiger partial charge in [0.15, 0.2) is 5.78 Å². The van der Waals surface area contributed by atoms with Crippen LogP contribution in [0.2, 0.25) is 0 Å². The zero-order chi connectivity index (χ0) is 24.5. The molecule has 0 fully saturated rings. The van der Waals surface area contributed by atoms with Gasteiger partial charge in [-0.2, -0.15) is 0 Å². The Labute approximate surface area is 220 Å². The molecule has 1 aliphatic carbocycles. The van der Waals surface area contributed by atoms with E-state index < -0.39 is 0 Å². The molecule has 0 heterocycles. The van der Waals surface area contributed by atoms with Gasteiger partial charge in [-0.15, -0.1) is 17.5 Å². The Kier molecular flexibility index (Phi) is 9.05. The van der Waals surface area contributed by atoms with Crippen LogP contribution >= 0.6 is 35.1 Å². The quantitative estimate of drug-likeness (QED) is 0.127. The number of halogens is 1. The molecule has 0 radical (unpaired) electrons. The van der Waals surface area contributed by atoms with Gasteiger partial charge in [0.2, 0.25) is 0 Å². The highest BCUT2D eigenvalue weighted by Gasteiger charge is 2.09. The van der Waals surface area contributed by atoms with Gasteiger partial charge >= 0.3 is 0 Å². The van der Waals surface area contributed by atoms with Gasteiger partial charge in [-0.05, 0) is 84.9 Å². The predicted octanol–water partition coefficient (Wildman–Crippen LogP) is 8.68. The van der Waals surface area contributed by atoms with E-state index in [1.807, 2.05) is 91.0 Å². The number of rotatable bonds is 10. The minimum Gasteiger partial charge on any atom is -0.305 e. The van der Waals surface area contributed by atoms with Crippen LogP contribution in [-0.2, 0) is 0 Å². The van der Waals surface area contributed by atoms with E-state index in [1.165, 1.54) is 0 Å². The lowest BCUT2D eigenvalue weighted by molar-refractivity contribution is 0.103. The standard InChI is InChI=1S/C30H24ClNOS2/c31-25-8-4-9-26(20-15-25)34-21-5-10-29(32)22-11-16-27(17-12-22)35-28-18-13-24(14-19-28)30(33)23-6-2-1-3-7-23/h1-4,6-8,11-20,32H,5,10,21H2. The summed E-state index contributed by atoms with van der Waals surface area (Å²) in [4.78, 5) is 15.8. The normalized spacial score (nSPS) is 12.6. The molecule has 2 nitrogen and oxygen atoms in total. The molecule has 0 bridgehead atoms. The lowest BCUT2D eigenvalue weighted by atomic mass is 10.0. The zero-order valence-corrected chi connectivity index (χ0v) is 21.4. The first kappa shape index (κ1) is 25.1. The Hall–Kier alpha value is -3.01. The molecule has 3 aromatic rings. The number of benzene rings is 3. The molecule has 0 aliphatic heterocycles. The fraction of sp³-hybridized carbons (Fsp3) is 0.100. The fourth-order valence-corrected chi connectivity index (χ4v) is 5.19. The number of hydrogen-bond donors (Lipinski definition) is 1. The van der Waals surface area contributed by atoms with Crippen LogP contribution in [0.25, 0.3) is 0 Å². The number of carbonyl (C=O) groups excluding carboxylic acids is 1. The lowest BCUT2D eigenvalue weighted by Crippen LogP contribution is -2.00. The van der Waals surface area contributed by atoms with Gasteiger partial charge in [-0.1, -0.05) is 65.8 Å². The Bertz CT molecular complexity index is 1320. The number of ketones is 1. The molecule has 0 unspecified atom stereocenters. The van der Waals surface area contributed by atoms with E-state index in [4.69, 9.17) is 17.0 Å². The molecular weight excluding hydrogens is 490 g/mol. The molecule has 0 saturated carbocycles. The van der Waals surface area contributed by atoms with Crippen LogP contribution in [0, 0.1) is 5.41 Å². The van der Waals surface area contributed by atoms with Crippen LogP contribution in [0.3, 0.4) is 0 Å². The number of nitrogens with one attached hydrogen (secondary N) is 1. The SMILES string of the molecule is N=C(CCCSC1=C=CC=C(Cl)C=C1)c1ccc(Sc2ccc(C(=O)c3ccccc3)cc2)cc1. The molecule has 3 aromatic carbocycles. The molecule has 1 N–H and O–H groups in total. The second-order valence-corrected chi connectivity index (χ2v) is 10.6. The van der Waals surface area contributed by atoms with Gasteiger partial charge in [0, 0.05) is 36.6 Å². The summed E-state index contributed by atoms with van der Waals surface area (Å²) < 4.78 is 0. The summed E-state index contributed by atoms with van der Waals surface area (Å²) in [6.07, 6.45) is 9.17. The van der Waals surface area contributed by atoms with Crippen LogP contribution in [0.15, 0.2) is 129 Å². The third kappa shape index (κ3) is 7.48. The highest BCUT2D eigenvalue weighted by Crippen LogP contribution is 2.29. The third-order valence-electron chi connectivity index (χ3n) is 5.28. The highest BCUT2D eigenvalue weighted by atomic mass is 35.5. The molecule has 4 rings (SSSR count).